The number of carbonyl (C=O) groups excluding carboxylic acids is 1. The van der Waals surface area contributed by atoms with E-state index in [-0.39, 0.29) is 5.91 Å². The predicted molar refractivity (Wildman–Crippen MR) is 71.1 cm³/mol. The van der Waals surface area contributed by atoms with Gasteiger partial charge in [0.2, 0.25) is 0 Å². The van der Waals surface area contributed by atoms with E-state index in [0.29, 0.717) is 17.7 Å². The summed E-state index contributed by atoms with van der Waals surface area (Å²) in [5.74, 6) is -1.37. The van der Waals surface area contributed by atoms with Crippen LogP contribution in [0.1, 0.15) is 47.9 Å². The van der Waals surface area contributed by atoms with Crippen molar-refractivity contribution in [3.8, 4) is 0 Å². The van der Waals surface area contributed by atoms with Crippen LogP contribution < -0.4 is 5.32 Å². The lowest BCUT2D eigenvalue weighted by molar-refractivity contribution is -0.139. The van der Waals surface area contributed by atoms with Gasteiger partial charge in [0.1, 0.15) is 6.04 Å². The van der Waals surface area contributed by atoms with E-state index in [2.05, 4.69) is 10.4 Å². The molecule has 1 unspecified atom stereocenters. The Labute approximate surface area is 112 Å². The van der Waals surface area contributed by atoms with Crippen LogP contribution in [-0.2, 0) is 11.8 Å². The molecule has 1 aromatic rings. The average Bonchev–Trinajstić information content (AvgIpc) is 2.58. The minimum Gasteiger partial charge on any atom is -0.480 e. The van der Waals surface area contributed by atoms with Crippen molar-refractivity contribution in [2.45, 2.75) is 46.1 Å². The summed E-state index contributed by atoms with van der Waals surface area (Å²) in [5, 5.41) is 15.8. The number of amides is 1. The lowest BCUT2D eigenvalue weighted by atomic mass is 10.1. The highest BCUT2D eigenvalue weighted by atomic mass is 16.4. The Morgan fingerprint density at radius 1 is 1.42 bits per heavy atom. The van der Waals surface area contributed by atoms with Crippen molar-refractivity contribution in [2.75, 3.05) is 0 Å². The van der Waals surface area contributed by atoms with E-state index in [1.54, 1.807) is 25.6 Å². The first-order valence-electron chi connectivity index (χ1n) is 6.42. The van der Waals surface area contributed by atoms with E-state index in [1.165, 1.54) is 0 Å². The molecule has 0 spiro atoms. The fraction of sp³-hybridized carbons (Fsp3) is 0.615. The normalized spacial score (nSPS) is 12.2. The maximum Gasteiger partial charge on any atom is 0.326 e. The SMILES string of the molecule is CCCCC(NC(=O)c1c(C)nn(C)c1C)C(=O)O. The van der Waals surface area contributed by atoms with E-state index >= 15 is 0 Å². The molecule has 0 saturated carbocycles. The standard InChI is InChI=1S/C13H21N3O3/c1-5-6-7-10(13(18)19)14-12(17)11-8(2)15-16(4)9(11)3/h10H,5-7H2,1-4H3,(H,14,17)(H,18,19). The Kier molecular flexibility index (Phi) is 5.09. The lowest BCUT2D eigenvalue weighted by Crippen LogP contribution is -2.41. The molecule has 0 saturated heterocycles. The summed E-state index contributed by atoms with van der Waals surface area (Å²) >= 11 is 0. The molecule has 106 valence electrons. The second kappa shape index (κ2) is 6.36. The highest BCUT2D eigenvalue weighted by Crippen LogP contribution is 2.12. The van der Waals surface area contributed by atoms with Gasteiger partial charge in [-0.3, -0.25) is 9.48 Å². The molecule has 1 heterocycles. The van der Waals surface area contributed by atoms with E-state index in [9.17, 15) is 9.59 Å². The van der Waals surface area contributed by atoms with Gasteiger partial charge in [0.15, 0.2) is 0 Å². The molecule has 1 rings (SSSR count). The van der Waals surface area contributed by atoms with Crippen molar-refractivity contribution in [1.82, 2.24) is 15.1 Å². The van der Waals surface area contributed by atoms with E-state index in [0.717, 1.165) is 18.5 Å². The molecular weight excluding hydrogens is 246 g/mol. The molecular formula is C13H21N3O3. The van der Waals surface area contributed by atoms with E-state index in [1.807, 2.05) is 6.92 Å². The monoisotopic (exact) mass is 267 g/mol. The smallest absolute Gasteiger partial charge is 0.326 e. The third-order valence-corrected chi connectivity index (χ3v) is 3.19. The fourth-order valence-electron chi connectivity index (χ4n) is 2.00. The molecule has 1 amide bonds. The number of carbonyl (C=O) groups is 2. The van der Waals surface area contributed by atoms with Gasteiger partial charge in [-0.25, -0.2) is 4.79 Å². The third-order valence-electron chi connectivity index (χ3n) is 3.19. The zero-order valence-corrected chi connectivity index (χ0v) is 11.9. The molecule has 6 nitrogen and oxygen atoms in total. The first kappa shape index (κ1) is 15.2. The van der Waals surface area contributed by atoms with Gasteiger partial charge in [-0.15, -0.1) is 0 Å². The number of aromatic nitrogens is 2. The third kappa shape index (κ3) is 3.56. The van der Waals surface area contributed by atoms with Gasteiger partial charge in [-0.2, -0.15) is 5.10 Å². The summed E-state index contributed by atoms with van der Waals surface area (Å²) in [4.78, 5) is 23.3. The van der Waals surface area contributed by atoms with Crippen LogP contribution in [0, 0.1) is 13.8 Å². The Hall–Kier alpha value is -1.85. The molecule has 0 aliphatic rings. The van der Waals surface area contributed by atoms with Gasteiger partial charge in [-0.1, -0.05) is 19.8 Å². The van der Waals surface area contributed by atoms with Crippen LogP contribution >= 0.6 is 0 Å². The number of nitrogens with one attached hydrogen (secondary N) is 1. The van der Waals surface area contributed by atoms with Crippen molar-refractivity contribution in [3.63, 3.8) is 0 Å². The Bertz CT molecular complexity index is 480. The number of rotatable bonds is 6. The van der Waals surface area contributed by atoms with Crippen molar-refractivity contribution in [3.05, 3.63) is 17.0 Å². The van der Waals surface area contributed by atoms with Crippen LogP contribution in [-0.4, -0.2) is 32.8 Å². The minimum atomic E-state index is -0.999. The second-order valence-corrected chi connectivity index (χ2v) is 4.68. The number of carboxylic acids is 1. The molecule has 0 aliphatic heterocycles. The number of nitrogens with zero attached hydrogens (tertiary/aromatic N) is 2. The van der Waals surface area contributed by atoms with Gasteiger partial charge in [0, 0.05) is 12.7 Å². The summed E-state index contributed by atoms with van der Waals surface area (Å²) < 4.78 is 1.62. The van der Waals surface area contributed by atoms with Gasteiger partial charge < -0.3 is 10.4 Å². The van der Waals surface area contributed by atoms with Crippen LogP contribution in [0.5, 0.6) is 0 Å². The molecule has 19 heavy (non-hydrogen) atoms. The largest absolute Gasteiger partial charge is 0.480 e. The summed E-state index contributed by atoms with van der Waals surface area (Å²) in [7, 11) is 1.75. The molecule has 6 heteroatoms. The number of carboxylic acid groups (broad SMARTS) is 1. The minimum absolute atomic E-state index is 0.369. The van der Waals surface area contributed by atoms with Crippen molar-refractivity contribution >= 4 is 11.9 Å². The van der Waals surface area contributed by atoms with Crippen LogP contribution in [0.2, 0.25) is 0 Å². The van der Waals surface area contributed by atoms with Crippen LogP contribution in [0.15, 0.2) is 0 Å². The summed E-state index contributed by atoms with van der Waals surface area (Å²) in [6.07, 6.45) is 2.10. The zero-order valence-electron chi connectivity index (χ0n) is 11.9. The average molecular weight is 267 g/mol. The van der Waals surface area contributed by atoms with Gasteiger partial charge in [0.25, 0.3) is 5.91 Å². The number of hydrogen-bond donors (Lipinski definition) is 2. The Morgan fingerprint density at radius 2 is 2.05 bits per heavy atom. The van der Waals surface area contributed by atoms with Crippen LogP contribution in [0.25, 0.3) is 0 Å². The Morgan fingerprint density at radius 3 is 2.47 bits per heavy atom. The van der Waals surface area contributed by atoms with Crippen LogP contribution in [0.4, 0.5) is 0 Å². The summed E-state index contributed by atoms with van der Waals surface area (Å²) in [6.45, 7) is 5.51. The van der Waals surface area contributed by atoms with Crippen molar-refractivity contribution < 1.29 is 14.7 Å². The highest BCUT2D eigenvalue weighted by Gasteiger charge is 2.23. The van der Waals surface area contributed by atoms with Gasteiger partial charge in [-0.05, 0) is 20.3 Å². The van der Waals surface area contributed by atoms with Gasteiger partial charge in [0.05, 0.1) is 11.3 Å². The second-order valence-electron chi connectivity index (χ2n) is 4.68. The van der Waals surface area contributed by atoms with E-state index < -0.39 is 12.0 Å². The quantitative estimate of drug-likeness (QED) is 0.816. The van der Waals surface area contributed by atoms with Gasteiger partial charge >= 0.3 is 5.97 Å². The highest BCUT2D eigenvalue weighted by molar-refractivity contribution is 5.98. The van der Waals surface area contributed by atoms with Crippen LogP contribution in [0.3, 0.4) is 0 Å². The number of aliphatic carboxylic acids is 1. The molecule has 2 N–H and O–H groups in total. The lowest BCUT2D eigenvalue weighted by Gasteiger charge is -2.14. The predicted octanol–water partition coefficient (Wildman–Crippen LogP) is 1.41. The molecule has 1 atom stereocenters. The van der Waals surface area contributed by atoms with Crippen molar-refractivity contribution in [1.29, 1.82) is 0 Å². The first-order valence-corrected chi connectivity index (χ1v) is 6.42. The topological polar surface area (TPSA) is 84.2 Å². The van der Waals surface area contributed by atoms with Crippen molar-refractivity contribution in [2.24, 2.45) is 7.05 Å². The summed E-state index contributed by atoms with van der Waals surface area (Å²) in [5.41, 5.74) is 1.80. The number of aryl methyl sites for hydroxylation is 2. The number of unbranched alkanes of at least 4 members (excludes halogenated alkanes) is 1. The first-order chi connectivity index (χ1) is 8.88. The van der Waals surface area contributed by atoms with E-state index in [4.69, 9.17) is 5.11 Å². The maximum atomic E-state index is 12.1. The zero-order chi connectivity index (χ0) is 14.6. The molecule has 0 aromatic carbocycles. The summed E-state index contributed by atoms with van der Waals surface area (Å²) in [6, 6.07) is -0.841. The molecule has 0 aliphatic carbocycles. The number of hydrogen-bond acceptors (Lipinski definition) is 3. The fourth-order valence-corrected chi connectivity index (χ4v) is 2.00. The Balaban J connectivity index is 2.85. The molecule has 0 fully saturated rings. The molecule has 0 bridgehead atoms. The maximum absolute atomic E-state index is 12.1. The molecule has 1 aromatic heterocycles. The molecule has 0 radical (unpaired) electrons.